The Morgan fingerprint density at radius 2 is 1.87 bits per heavy atom. The fraction of sp³-hybridized carbons (Fsp3) is 0.409. The van der Waals surface area contributed by atoms with E-state index in [2.05, 4.69) is 31.1 Å². The Balaban J connectivity index is 2.13. The zero-order chi connectivity index (χ0) is 21.8. The third-order valence-corrected chi connectivity index (χ3v) is 5.58. The Morgan fingerprint density at radius 3 is 2.47 bits per heavy atom. The lowest BCUT2D eigenvalue weighted by Gasteiger charge is -2.21. The molecule has 1 aromatic carbocycles. The van der Waals surface area contributed by atoms with Gasteiger partial charge in [-0.15, -0.1) is 5.10 Å². The zero-order valence-electron chi connectivity index (χ0n) is 17.6. The summed E-state index contributed by atoms with van der Waals surface area (Å²) in [7, 11) is 1.60. The van der Waals surface area contributed by atoms with Crippen LogP contribution in [0.1, 0.15) is 46.1 Å². The molecule has 160 valence electrons. The minimum absolute atomic E-state index is 0.0797. The first kappa shape index (κ1) is 22.4. The number of rotatable bonds is 8. The highest BCUT2D eigenvalue weighted by molar-refractivity contribution is 6.31. The van der Waals surface area contributed by atoms with E-state index in [1.54, 1.807) is 47.0 Å². The van der Waals surface area contributed by atoms with Gasteiger partial charge in [-0.2, -0.15) is 0 Å². The highest BCUT2D eigenvalue weighted by atomic mass is 35.5. The van der Waals surface area contributed by atoms with Crippen molar-refractivity contribution in [3.63, 3.8) is 0 Å². The SMILES string of the molecule is CCC(CCC(C)C)n1cc(OC)c(-c2cc(Cl)ccc2-n2cc(Cl)nn2)cc1=O. The Morgan fingerprint density at radius 1 is 1.10 bits per heavy atom. The molecular weight excluding hydrogens is 423 g/mol. The first-order chi connectivity index (χ1) is 14.3. The third kappa shape index (κ3) is 4.87. The van der Waals surface area contributed by atoms with Crippen molar-refractivity contribution in [2.45, 2.75) is 46.1 Å². The van der Waals surface area contributed by atoms with Crippen molar-refractivity contribution in [1.29, 1.82) is 0 Å². The normalized spacial score (nSPS) is 12.4. The third-order valence-electron chi connectivity index (χ3n) is 5.17. The standard InChI is InChI=1S/C22H26Cl2N4O2/c1-5-16(8-6-14(2)3)27-12-20(30-4)18(11-22(27)29)17-10-15(23)7-9-19(17)28-13-21(24)25-26-28/h7,9-14,16H,5-6,8H2,1-4H3. The van der Waals surface area contributed by atoms with Crippen molar-refractivity contribution >= 4 is 23.2 Å². The molecule has 2 aromatic heterocycles. The highest BCUT2D eigenvalue weighted by Gasteiger charge is 2.19. The van der Waals surface area contributed by atoms with Crippen LogP contribution in [0.3, 0.4) is 0 Å². The molecule has 0 radical (unpaired) electrons. The number of nitrogens with zero attached hydrogens (tertiary/aromatic N) is 4. The van der Waals surface area contributed by atoms with E-state index in [1.165, 1.54) is 0 Å². The lowest BCUT2D eigenvalue weighted by molar-refractivity contribution is 0.376. The van der Waals surface area contributed by atoms with E-state index in [0.29, 0.717) is 33.5 Å². The molecule has 0 aliphatic heterocycles. The van der Waals surface area contributed by atoms with Gasteiger partial charge < -0.3 is 9.30 Å². The van der Waals surface area contributed by atoms with Crippen molar-refractivity contribution < 1.29 is 4.74 Å². The Hall–Kier alpha value is -2.31. The smallest absolute Gasteiger partial charge is 0.251 e. The summed E-state index contributed by atoms with van der Waals surface area (Å²) in [5.74, 6) is 1.17. The second-order valence-corrected chi connectivity index (χ2v) is 8.51. The number of methoxy groups -OCH3 is 1. The Kier molecular flexibility index (Phi) is 7.21. The predicted octanol–water partition coefficient (Wildman–Crippen LogP) is 5.80. The summed E-state index contributed by atoms with van der Waals surface area (Å²) in [6.45, 7) is 6.48. The number of pyridine rings is 1. The zero-order valence-corrected chi connectivity index (χ0v) is 19.1. The van der Waals surface area contributed by atoms with Crippen LogP contribution in [0.25, 0.3) is 16.8 Å². The van der Waals surface area contributed by atoms with Gasteiger partial charge in [-0.1, -0.05) is 49.2 Å². The lowest BCUT2D eigenvalue weighted by Crippen LogP contribution is -2.24. The molecule has 0 N–H and O–H groups in total. The minimum atomic E-state index is -0.0797. The molecule has 0 fully saturated rings. The lowest BCUT2D eigenvalue weighted by atomic mass is 10.0. The second-order valence-electron chi connectivity index (χ2n) is 7.68. The molecule has 3 aromatic rings. The van der Waals surface area contributed by atoms with E-state index >= 15 is 0 Å². The van der Waals surface area contributed by atoms with E-state index in [-0.39, 0.29) is 16.8 Å². The summed E-state index contributed by atoms with van der Waals surface area (Å²) in [5, 5.41) is 8.70. The van der Waals surface area contributed by atoms with Crippen LogP contribution in [-0.2, 0) is 0 Å². The molecule has 0 bridgehead atoms. The number of ether oxygens (including phenoxy) is 1. The molecule has 1 unspecified atom stereocenters. The Labute approximate surface area is 186 Å². The van der Waals surface area contributed by atoms with Gasteiger partial charge in [-0.05, 0) is 43.4 Å². The van der Waals surface area contributed by atoms with E-state index in [1.807, 2.05) is 6.07 Å². The molecule has 8 heteroatoms. The first-order valence-electron chi connectivity index (χ1n) is 10.0. The molecule has 1 atom stereocenters. The van der Waals surface area contributed by atoms with Gasteiger partial charge in [0, 0.05) is 28.3 Å². The van der Waals surface area contributed by atoms with Gasteiger partial charge in [0.25, 0.3) is 5.56 Å². The summed E-state index contributed by atoms with van der Waals surface area (Å²) in [5.41, 5.74) is 1.96. The number of benzene rings is 1. The van der Waals surface area contributed by atoms with Crippen LogP contribution in [0, 0.1) is 5.92 Å². The molecule has 3 rings (SSSR count). The predicted molar refractivity (Wildman–Crippen MR) is 121 cm³/mol. The summed E-state index contributed by atoms with van der Waals surface area (Å²) >= 11 is 12.2. The van der Waals surface area contributed by atoms with E-state index in [0.717, 1.165) is 19.3 Å². The highest BCUT2D eigenvalue weighted by Crippen LogP contribution is 2.35. The largest absolute Gasteiger partial charge is 0.495 e. The molecule has 0 saturated carbocycles. The van der Waals surface area contributed by atoms with Crippen LogP contribution in [0.5, 0.6) is 5.75 Å². The van der Waals surface area contributed by atoms with E-state index < -0.39 is 0 Å². The molecule has 2 heterocycles. The first-order valence-corrected chi connectivity index (χ1v) is 10.8. The van der Waals surface area contributed by atoms with E-state index in [9.17, 15) is 4.79 Å². The van der Waals surface area contributed by atoms with E-state index in [4.69, 9.17) is 27.9 Å². The summed E-state index contributed by atoms with van der Waals surface area (Å²) in [6, 6.07) is 7.07. The number of hydrogen-bond acceptors (Lipinski definition) is 4. The Bertz CT molecular complexity index is 1080. The van der Waals surface area contributed by atoms with Crippen LogP contribution in [0.2, 0.25) is 10.2 Å². The summed E-state index contributed by atoms with van der Waals surface area (Å²) in [6.07, 6.45) is 6.26. The van der Waals surface area contributed by atoms with Gasteiger partial charge in [0.15, 0.2) is 5.15 Å². The average molecular weight is 449 g/mol. The fourth-order valence-corrected chi connectivity index (χ4v) is 3.84. The quantitative estimate of drug-likeness (QED) is 0.436. The van der Waals surface area contributed by atoms with Gasteiger partial charge in [-0.3, -0.25) is 4.79 Å². The van der Waals surface area contributed by atoms with Crippen LogP contribution in [0.15, 0.2) is 41.5 Å². The van der Waals surface area contributed by atoms with Crippen LogP contribution in [0.4, 0.5) is 0 Å². The molecule has 0 saturated heterocycles. The van der Waals surface area contributed by atoms with Gasteiger partial charge in [0.2, 0.25) is 0 Å². The molecule has 0 aliphatic rings. The maximum Gasteiger partial charge on any atom is 0.251 e. The maximum atomic E-state index is 13.1. The van der Waals surface area contributed by atoms with Crippen molar-refractivity contribution in [2.75, 3.05) is 7.11 Å². The van der Waals surface area contributed by atoms with Gasteiger partial charge in [0.1, 0.15) is 5.75 Å². The minimum Gasteiger partial charge on any atom is -0.495 e. The average Bonchev–Trinajstić information content (AvgIpc) is 3.14. The number of halogens is 2. The molecule has 0 amide bonds. The van der Waals surface area contributed by atoms with Crippen molar-refractivity contribution in [3.8, 4) is 22.6 Å². The van der Waals surface area contributed by atoms with Crippen LogP contribution < -0.4 is 10.3 Å². The van der Waals surface area contributed by atoms with Crippen LogP contribution in [-0.4, -0.2) is 26.7 Å². The molecule has 0 spiro atoms. The topological polar surface area (TPSA) is 61.9 Å². The fourth-order valence-electron chi connectivity index (χ4n) is 3.54. The molecular formula is C22H26Cl2N4O2. The summed E-state index contributed by atoms with van der Waals surface area (Å²) in [4.78, 5) is 13.1. The summed E-state index contributed by atoms with van der Waals surface area (Å²) < 4.78 is 9.01. The van der Waals surface area contributed by atoms with Gasteiger partial charge in [0.05, 0.1) is 25.2 Å². The number of hydrogen-bond donors (Lipinski definition) is 0. The molecule has 0 aliphatic carbocycles. The molecule has 6 nitrogen and oxygen atoms in total. The van der Waals surface area contributed by atoms with Crippen molar-refractivity contribution in [3.05, 3.63) is 57.2 Å². The van der Waals surface area contributed by atoms with Crippen LogP contribution >= 0.6 is 23.2 Å². The van der Waals surface area contributed by atoms with Gasteiger partial charge in [-0.25, -0.2) is 4.68 Å². The van der Waals surface area contributed by atoms with Gasteiger partial charge >= 0.3 is 0 Å². The van der Waals surface area contributed by atoms with Crippen molar-refractivity contribution in [2.24, 2.45) is 5.92 Å². The maximum absolute atomic E-state index is 13.1. The second kappa shape index (κ2) is 9.67. The van der Waals surface area contributed by atoms with Crippen molar-refractivity contribution in [1.82, 2.24) is 19.6 Å². The number of aromatic nitrogens is 4. The molecule has 30 heavy (non-hydrogen) atoms. The monoisotopic (exact) mass is 448 g/mol.